The van der Waals surface area contributed by atoms with Crippen molar-refractivity contribution >= 4 is 23.4 Å². The van der Waals surface area contributed by atoms with E-state index in [1.807, 2.05) is 48.5 Å². The highest BCUT2D eigenvalue weighted by Crippen LogP contribution is 2.44. The maximum Gasteiger partial charge on any atom is 0.410 e. The van der Waals surface area contributed by atoms with Crippen molar-refractivity contribution in [1.29, 1.82) is 0 Å². The molecule has 0 radical (unpaired) electrons. The first-order valence-corrected chi connectivity index (χ1v) is 10.2. The van der Waals surface area contributed by atoms with Crippen molar-refractivity contribution in [3.8, 4) is 5.69 Å². The number of carbonyl (C=O) groups is 1. The summed E-state index contributed by atoms with van der Waals surface area (Å²) in [5.74, 6) is 0. The number of nitrogens with zero attached hydrogens (tertiary/aromatic N) is 2. The molecule has 0 unspecified atom stereocenters. The van der Waals surface area contributed by atoms with Crippen LogP contribution in [0.5, 0.6) is 0 Å². The fourth-order valence-corrected chi connectivity index (χ4v) is 4.56. The van der Waals surface area contributed by atoms with Crippen LogP contribution >= 0.6 is 11.6 Å². The zero-order valence-electron chi connectivity index (χ0n) is 16.0. The standard InChI is InChI=1S/C23H22ClN3O2/c24-18-8-9-20-19(15-18)25-23(21-7-4-12-27(20)21)10-13-26(14-11-23)22(28)29-16-17-5-2-1-3-6-17/h1-9,12,15,25H,10-11,13-14,16H2. The van der Waals surface area contributed by atoms with E-state index in [0.29, 0.717) is 24.7 Å². The van der Waals surface area contributed by atoms with E-state index in [1.54, 1.807) is 4.90 Å². The third kappa shape index (κ3) is 3.25. The molecule has 0 aliphatic carbocycles. The van der Waals surface area contributed by atoms with Crippen LogP contribution in [0.15, 0.2) is 66.9 Å². The van der Waals surface area contributed by atoms with E-state index in [-0.39, 0.29) is 11.6 Å². The molecule has 2 aliphatic heterocycles. The van der Waals surface area contributed by atoms with Crippen LogP contribution in [0.2, 0.25) is 5.02 Å². The summed E-state index contributed by atoms with van der Waals surface area (Å²) in [5.41, 5.74) is 4.14. The van der Waals surface area contributed by atoms with Gasteiger partial charge in [-0.2, -0.15) is 0 Å². The van der Waals surface area contributed by atoms with Gasteiger partial charge in [-0.05, 0) is 48.7 Å². The summed E-state index contributed by atoms with van der Waals surface area (Å²) in [7, 11) is 0. The molecule has 0 saturated carbocycles. The Bertz CT molecular complexity index is 1040. The zero-order chi connectivity index (χ0) is 19.8. The number of hydrogen-bond donors (Lipinski definition) is 1. The molecular weight excluding hydrogens is 386 g/mol. The van der Waals surface area contributed by atoms with Gasteiger partial charge in [0, 0.05) is 30.0 Å². The van der Waals surface area contributed by atoms with E-state index in [0.717, 1.165) is 29.8 Å². The molecule has 29 heavy (non-hydrogen) atoms. The number of piperidine rings is 1. The Morgan fingerprint density at radius 1 is 1.07 bits per heavy atom. The minimum atomic E-state index is -0.252. The molecule has 1 amide bonds. The summed E-state index contributed by atoms with van der Waals surface area (Å²) in [6, 6.07) is 19.9. The van der Waals surface area contributed by atoms with Gasteiger partial charge in [0.1, 0.15) is 6.61 Å². The summed E-state index contributed by atoms with van der Waals surface area (Å²) in [4.78, 5) is 14.3. The maximum absolute atomic E-state index is 12.5. The second-order valence-corrected chi connectivity index (χ2v) is 8.10. The van der Waals surface area contributed by atoms with Crippen molar-refractivity contribution in [2.24, 2.45) is 0 Å². The number of aromatic nitrogens is 1. The molecule has 6 heteroatoms. The Labute approximate surface area is 174 Å². The summed E-state index contributed by atoms with van der Waals surface area (Å²) in [6.45, 7) is 1.58. The predicted octanol–water partition coefficient (Wildman–Crippen LogP) is 5.18. The van der Waals surface area contributed by atoms with Crippen molar-refractivity contribution in [1.82, 2.24) is 9.47 Å². The molecule has 2 aliphatic rings. The quantitative estimate of drug-likeness (QED) is 0.636. The van der Waals surface area contributed by atoms with Crippen LogP contribution in [0.1, 0.15) is 24.1 Å². The highest BCUT2D eigenvalue weighted by atomic mass is 35.5. The third-order valence-corrected chi connectivity index (χ3v) is 6.15. The van der Waals surface area contributed by atoms with Gasteiger partial charge in [0.25, 0.3) is 0 Å². The topological polar surface area (TPSA) is 46.5 Å². The molecular formula is C23H22ClN3O2. The van der Waals surface area contributed by atoms with Crippen molar-refractivity contribution in [3.63, 3.8) is 0 Å². The number of hydrogen-bond acceptors (Lipinski definition) is 3. The molecule has 1 fully saturated rings. The van der Waals surface area contributed by atoms with Gasteiger partial charge in [0.05, 0.1) is 16.9 Å². The fraction of sp³-hybridized carbons (Fsp3) is 0.261. The molecule has 1 spiro atoms. The Balaban J connectivity index is 1.30. The fourth-order valence-electron chi connectivity index (χ4n) is 4.38. The first-order valence-electron chi connectivity index (χ1n) is 9.86. The first-order chi connectivity index (χ1) is 14.1. The predicted molar refractivity (Wildman–Crippen MR) is 114 cm³/mol. The van der Waals surface area contributed by atoms with E-state index in [4.69, 9.17) is 16.3 Å². The maximum atomic E-state index is 12.5. The second-order valence-electron chi connectivity index (χ2n) is 7.66. The summed E-state index contributed by atoms with van der Waals surface area (Å²) in [6.07, 6.45) is 3.45. The van der Waals surface area contributed by atoms with Crippen LogP contribution in [0.25, 0.3) is 5.69 Å². The normalized spacial score (nSPS) is 16.7. The Morgan fingerprint density at radius 3 is 2.66 bits per heavy atom. The average Bonchev–Trinajstić information content (AvgIpc) is 3.24. The van der Waals surface area contributed by atoms with E-state index in [9.17, 15) is 4.79 Å². The van der Waals surface area contributed by atoms with Crippen molar-refractivity contribution in [3.05, 3.63) is 83.1 Å². The SMILES string of the molecule is O=C(OCc1ccccc1)N1CCC2(CC1)Nc1cc(Cl)ccc1-n1cccc12. The third-order valence-electron chi connectivity index (χ3n) is 5.91. The largest absolute Gasteiger partial charge is 0.445 e. The van der Waals surface area contributed by atoms with Gasteiger partial charge in [0.2, 0.25) is 0 Å². The monoisotopic (exact) mass is 407 g/mol. The lowest BCUT2D eigenvalue weighted by molar-refractivity contribution is 0.0794. The Kier molecular flexibility index (Phi) is 4.47. The number of likely N-dealkylation sites (tertiary alicyclic amines) is 1. The highest BCUT2D eigenvalue weighted by Gasteiger charge is 2.42. The summed E-state index contributed by atoms with van der Waals surface area (Å²) >= 11 is 6.24. The number of anilines is 1. The lowest BCUT2D eigenvalue weighted by Crippen LogP contribution is -2.51. The lowest BCUT2D eigenvalue weighted by Gasteiger charge is -2.46. The van der Waals surface area contributed by atoms with Crippen LogP contribution in [0.4, 0.5) is 10.5 Å². The Morgan fingerprint density at radius 2 is 1.86 bits per heavy atom. The van der Waals surface area contributed by atoms with Gasteiger partial charge in [0.15, 0.2) is 0 Å². The van der Waals surface area contributed by atoms with Gasteiger partial charge in [-0.15, -0.1) is 0 Å². The van der Waals surface area contributed by atoms with Crippen LogP contribution in [-0.2, 0) is 16.9 Å². The minimum absolute atomic E-state index is 0.211. The number of ether oxygens (including phenoxy) is 1. The number of halogens is 1. The van der Waals surface area contributed by atoms with Crippen LogP contribution < -0.4 is 5.32 Å². The average molecular weight is 408 g/mol. The van der Waals surface area contributed by atoms with Gasteiger partial charge < -0.3 is 19.5 Å². The number of benzene rings is 2. The molecule has 5 nitrogen and oxygen atoms in total. The van der Waals surface area contributed by atoms with Crippen molar-refractivity contribution in [2.45, 2.75) is 25.0 Å². The molecule has 3 aromatic rings. The molecule has 0 atom stereocenters. The lowest BCUT2D eigenvalue weighted by atomic mass is 9.82. The molecule has 5 rings (SSSR count). The minimum Gasteiger partial charge on any atom is -0.445 e. The molecule has 0 bridgehead atoms. The van der Waals surface area contributed by atoms with E-state index in [1.165, 1.54) is 5.69 Å². The van der Waals surface area contributed by atoms with Gasteiger partial charge >= 0.3 is 6.09 Å². The van der Waals surface area contributed by atoms with Gasteiger partial charge in [-0.25, -0.2) is 4.79 Å². The number of rotatable bonds is 2. The molecule has 148 valence electrons. The van der Waals surface area contributed by atoms with Gasteiger partial charge in [-0.1, -0.05) is 41.9 Å². The van der Waals surface area contributed by atoms with Crippen LogP contribution in [0.3, 0.4) is 0 Å². The second kappa shape index (κ2) is 7.16. The molecule has 1 N–H and O–H groups in total. The smallest absolute Gasteiger partial charge is 0.410 e. The highest BCUT2D eigenvalue weighted by molar-refractivity contribution is 6.31. The molecule has 1 saturated heterocycles. The zero-order valence-corrected chi connectivity index (χ0v) is 16.7. The van der Waals surface area contributed by atoms with E-state index >= 15 is 0 Å². The molecule has 3 heterocycles. The van der Waals surface area contributed by atoms with Crippen molar-refractivity contribution < 1.29 is 9.53 Å². The number of amides is 1. The number of nitrogens with one attached hydrogen (secondary N) is 1. The molecule has 2 aromatic carbocycles. The van der Waals surface area contributed by atoms with Crippen LogP contribution in [-0.4, -0.2) is 28.6 Å². The van der Waals surface area contributed by atoms with E-state index in [2.05, 4.69) is 28.2 Å². The summed E-state index contributed by atoms with van der Waals surface area (Å²) < 4.78 is 7.74. The van der Waals surface area contributed by atoms with E-state index < -0.39 is 0 Å². The van der Waals surface area contributed by atoms with Crippen LogP contribution in [0, 0.1) is 0 Å². The Hall–Kier alpha value is -2.92. The molecule has 1 aromatic heterocycles. The van der Waals surface area contributed by atoms with Gasteiger partial charge in [-0.3, -0.25) is 0 Å². The first kappa shape index (κ1) is 18.1. The number of carbonyl (C=O) groups excluding carboxylic acids is 1. The number of fused-ring (bicyclic) bond motifs is 4. The summed E-state index contributed by atoms with van der Waals surface area (Å²) in [5, 5.41) is 4.44. The van der Waals surface area contributed by atoms with Crippen molar-refractivity contribution in [2.75, 3.05) is 18.4 Å².